The number of benzene rings is 1. The van der Waals surface area contributed by atoms with E-state index >= 15 is 0 Å². The molecule has 2 aromatic rings. The van der Waals surface area contributed by atoms with E-state index in [1.165, 1.54) is 0 Å². The fourth-order valence-electron chi connectivity index (χ4n) is 1.45. The van der Waals surface area contributed by atoms with Crippen LogP contribution in [0.1, 0.15) is 13.0 Å². The minimum absolute atomic E-state index is 0.0909. The summed E-state index contributed by atoms with van der Waals surface area (Å²) in [7, 11) is 0. The lowest BCUT2D eigenvalue weighted by Crippen LogP contribution is -2.23. The number of aromatic nitrogens is 2. The second kappa shape index (κ2) is 5.83. The average molecular weight is 420 g/mol. The van der Waals surface area contributed by atoms with Crippen LogP contribution in [-0.2, 0) is 4.79 Å². The summed E-state index contributed by atoms with van der Waals surface area (Å²) in [5.74, 6) is -0.0909. The number of halogens is 2. The number of nitrogens with one attached hydrogen (secondary N) is 1. The summed E-state index contributed by atoms with van der Waals surface area (Å²) in [6, 6.07) is 7.16. The van der Waals surface area contributed by atoms with Crippen molar-refractivity contribution in [1.29, 1.82) is 0 Å². The molecule has 2 rings (SSSR count). The molecule has 1 N–H and O–H groups in total. The van der Waals surface area contributed by atoms with Gasteiger partial charge in [-0.05, 0) is 69.7 Å². The Kier molecular flexibility index (Phi) is 4.39. The van der Waals surface area contributed by atoms with Gasteiger partial charge in [-0.15, -0.1) is 0 Å². The molecule has 0 saturated carbocycles. The first-order chi connectivity index (χ1) is 8.58. The summed E-state index contributed by atoms with van der Waals surface area (Å²) in [6.45, 7) is 1.81. The molecular weight excluding hydrogens is 409 g/mol. The van der Waals surface area contributed by atoms with Crippen LogP contribution in [-0.4, -0.2) is 15.7 Å². The van der Waals surface area contributed by atoms with Crippen LogP contribution in [0.15, 0.2) is 41.1 Å². The summed E-state index contributed by atoms with van der Waals surface area (Å²) < 4.78 is 3.69. The maximum absolute atomic E-state index is 12.0. The van der Waals surface area contributed by atoms with Crippen molar-refractivity contribution in [1.82, 2.24) is 9.78 Å². The van der Waals surface area contributed by atoms with Gasteiger partial charge in [0.25, 0.3) is 0 Å². The first-order valence-corrected chi connectivity index (χ1v) is 7.20. The van der Waals surface area contributed by atoms with Crippen molar-refractivity contribution < 1.29 is 4.79 Å². The van der Waals surface area contributed by atoms with Gasteiger partial charge in [0.2, 0.25) is 5.91 Å². The van der Waals surface area contributed by atoms with Gasteiger partial charge in [-0.25, -0.2) is 0 Å². The molecule has 94 valence electrons. The van der Waals surface area contributed by atoms with Gasteiger partial charge in [-0.3, -0.25) is 9.48 Å². The van der Waals surface area contributed by atoms with Crippen LogP contribution in [0.5, 0.6) is 0 Å². The highest BCUT2D eigenvalue weighted by atomic mass is 127. The van der Waals surface area contributed by atoms with Crippen LogP contribution >= 0.6 is 38.5 Å². The number of hydrogen-bond acceptors (Lipinski definition) is 2. The quantitative estimate of drug-likeness (QED) is 0.774. The number of carbonyl (C=O) groups is 1. The minimum atomic E-state index is -0.335. The van der Waals surface area contributed by atoms with Crippen molar-refractivity contribution in [3.63, 3.8) is 0 Å². The van der Waals surface area contributed by atoms with Gasteiger partial charge >= 0.3 is 0 Å². The normalized spacial score (nSPS) is 12.2. The zero-order valence-electron chi connectivity index (χ0n) is 9.60. The number of carbonyl (C=O) groups excluding carboxylic acids is 1. The average Bonchev–Trinajstić information content (AvgIpc) is 2.86. The van der Waals surface area contributed by atoms with Gasteiger partial charge in [0.15, 0.2) is 0 Å². The Morgan fingerprint density at radius 3 is 2.94 bits per heavy atom. The van der Waals surface area contributed by atoms with Crippen molar-refractivity contribution in [2.24, 2.45) is 0 Å². The summed E-state index contributed by atoms with van der Waals surface area (Å²) in [5.41, 5.74) is 0.770. The van der Waals surface area contributed by atoms with Crippen molar-refractivity contribution >= 4 is 50.1 Å². The zero-order valence-corrected chi connectivity index (χ0v) is 13.3. The van der Waals surface area contributed by atoms with Crippen molar-refractivity contribution in [2.45, 2.75) is 13.0 Å². The molecule has 1 atom stereocenters. The molecule has 4 nitrogen and oxygen atoms in total. The Balaban J connectivity index is 2.09. The highest BCUT2D eigenvalue weighted by molar-refractivity contribution is 14.1. The molecule has 0 saturated heterocycles. The minimum Gasteiger partial charge on any atom is -0.324 e. The van der Waals surface area contributed by atoms with Crippen LogP contribution in [0.2, 0.25) is 0 Å². The molecule has 1 aromatic carbocycles. The smallest absolute Gasteiger partial charge is 0.248 e. The Morgan fingerprint density at radius 1 is 1.56 bits per heavy atom. The second-order valence-corrected chi connectivity index (χ2v) is 5.80. The number of rotatable bonds is 3. The van der Waals surface area contributed by atoms with Crippen molar-refractivity contribution in [3.05, 3.63) is 44.7 Å². The molecule has 0 radical (unpaired) electrons. The third-order valence-electron chi connectivity index (χ3n) is 2.49. The van der Waals surface area contributed by atoms with E-state index in [2.05, 4.69) is 48.9 Å². The van der Waals surface area contributed by atoms with E-state index in [0.29, 0.717) is 0 Å². The predicted molar refractivity (Wildman–Crippen MR) is 82.4 cm³/mol. The third kappa shape index (κ3) is 3.11. The number of amides is 1. The Labute approximate surface area is 127 Å². The van der Waals surface area contributed by atoms with E-state index in [9.17, 15) is 4.79 Å². The fourth-order valence-corrected chi connectivity index (χ4v) is 2.16. The molecule has 0 aliphatic heterocycles. The van der Waals surface area contributed by atoms with Crippen molar-refractivity contribution in [3.8, 4) is 0 Å². The molecule has 0 bridgehead atoms. The van der Waals surface area contributed by atoms with Crippen LogP contribution in [0, 0.1) is 3.57 Å². The molecule has 6 heteroatoms. The first kappa shape index (κ1) is 13.5. The maximum atomic E-state index is 12.0. The van der Waals surface area contributed by atoms with E-state index in [-0.39, 0.29) is 11.9 Å². The van der Waals surface area contributed by atoms with Crippen LogP contribution in [0.25, 0.3) is 0 Å². The van der Waals surface area contributed by atoms with Crippen LogP contribution < -0.4 is 5.32 Å². The van der Waals surface area contributed by atoms with Gasteiger partial charge in [-0.1, -0.05) is 0 Å². The van der Waals surface area contributed by atoms with E-state index in [1.54, 1.807) is 23.1 Å². The molecule has 1 heterocycles. The molecule has 1 amide bonds. The number of nitrogens with zero attached hydrogens (tertiary/aromatic N) is 2. The molecule has 18 heavy (non-hydrogen) atoms. The lowest BCUT2D eigenvalue weighted by atomic mass is 10.3. The number of anilines is 1. The standard InChI is InChI=1S/C12H11BrIN3O/c1-8(17-6-2-5-15-17)12(18)16-9-3-4-11(14)10(13)7-9/h2-8H,1H3,(H,16,18). The molecular formula is C12H11BrIN3O. The Hall–Kier alpha value is -0.890. The summed E-state index contributed by atoms with van der Waals surface area (Å²) in [6.07, 6.45) is 3.43. The van der Waals surface area contributed by atoms with E-state index < -0.39 is 0 Å². The maximum Gasteiger partial charge on any atom is 0.248 e. The number of hydrogen-bond donors (Lipinski definition) is 1. The monoisotopic (exact) mass is 419 g/mol. The third-order valence-corrected chi connectivity index (χ3v) is 4.83. The summed E-state index contributed by atoms with van der Waals surface area (Å²) >= 11 is 5.66. The van der Waals surface area contributed by atoms with E-state index in [1.807, 2.05) is 25.1 Å². The van der Waals surface area contributed by atoms with E-state index in [0.717, 1.165) is 13.7 Å². The predicted octanol–water partition coefficient (Wildman–Crippen LogP) is 3.45. The van der Waals surface area contributed by atoms with Gasteiger partial charge in [0.1, 0.15) is 6.04 Å². The Morgan fingerprint density at radius 2 is 2.33 bits per heavy atom. The van der Waals surface area contributed by atoms with Gasteiger partial charge in [0.05, 0.1) is 0 Å². The summed E-state index contributed by atoms with van der Waals surface area (Å²) in [4.78, 5) is 12.0. The topological polar surface area (TPSA) is 46.9 Å². The van der Waals surface area contributed by atoms with Gasteiger partial charge in [-0.2, -0.15) is 5.10 Å². The molecule has 1 aromatic heterocycles. The molecule has 0 aliphatic carbocycles. The van der Waals surface area contributed by atoms with Crippen LogP contribution in [0.3, 0.4) is 0 Å². The molecule has 0 fully saturated rings. The zero-order chi connectivity index (χ0) is 13.1. The molecule has 0 aliphatic rings. The highest BCUT2D eigenvalue weighted by Crippen LogP contribution is 2.23. The SMILES string of the molecule is CC(C(=O)Nc1ccc(I)c(Br)c1)n1cccn1. The van der Waals surface area contributed by atoms with Crippen LogP contribution in [0.4, 0.5) is 5.69 Å². The molecule has 0 spiro atoms. The van der Waals surface area contributed by atoms with Gasteiger partial charge in [0, 0.05) is 26.1 Å². The van der Waals surface area contributed by atoms with Gasteiger partial charge < -0.3 is 5.32 Å². The van der Waals surface area contributed by atoms with E-state index in [4.69, 9.17) is 0 Å². The summed E-state index contributed by atoms with van der Waals surface area (Å²) in [5, 5.41) is 6.92. The Bertz CT molecular complexity index is 556. The second-order valence-electron chi connectivity index (χ2n) is 3.78. The fraction of sp³-hybridized carbons (Fsp3) is 0.167. The first-order valence-electron chi connectivity index (χ1n) is 5.33. The largest absolute Gasteiger partial charge is 0.324 e. The lowest BCUT2D eigenvalue weighted by Gasteiger charge is -2.13. The van der Waals surface area contributed by atoms with Crippen molar-refractivity contribution in [2.75, 3.05) is 5.32 Å². The highest BCUT2D eigenvalue weighted by Gasteiger charge is 2.15. The molecule has 1 unspecified atom stereocenters. The lowest BCUT2D eigenvalue weighted by molar-refractivity contribution is -0.119.